The Labute approximate surface area is 113 Å². The van der Waals surface area contributed by atoms with Gasteiger partial charge < -0.3 is 10.5 Å². The van der Waals surface area contributed by atoms with E-state index in [2.05, 4.69) is 0 Å². The zero-order valence-corrected chi connectivity index (χ0v) is 11.1. The molecule has 0 radical (unpaired) electrons. The van der Waals surface area contributed by atoms with Crippen molar-refractivity contribution in [2.45, 2.75) is 19.4 Å². The van der Waals surface area contributed by atoms with Gasteiger partial charge in [0, 0.05) is 0 Å². The summed E-state index contributed by atoms with van der Waals surface area (Å²) in [7, 11) is 0. The quantitative estimate of drug-likeness (QED) is 0.677. The van der Waals surface area contributed by atoms with Crippen LogP contribution in [0, 0.1) is 0 Å². The van der Waals surface area contributed by atoms with Gasteiger partial charge in [-0.15, -0.1) is 0 Å². The number of hydrogen-bond acceptors (Lipinski definition) is 3. The number of nitrogens with two attached hydrogens (primary N) is 1. The molecule has 0 amide bonds. The van der Waals surface area contributed by atoms with Crippen LogP contribution in [0.1, 0.15) is 13.8 Å². The van der Waals surface area contributed by atoms with Crippen molar-refractivity contribution in [2.24, 2.45) is 5.73 Å². The summed E-state index contributed by atoms with van der Waals surface area (Å²) in [6.45, 7) is 3.24. The van der Waals surface area contributed by atoms with E-state index in [4.69, 9.17) is 10.5 Å². The fraction of sp³-hybridized carbons (Fsp3) is 0.188. The highest BCUT2D eigenvalue weighted by molar-refractivity contribution is 5.81. The van der Waals surface area contributed by atoms with Crippen LogP contribution < -0.4 is 10.5 Å². The van der Waals surface area contributed by atoms with Crippen LogP contribution in [0.5, 0.6) is 5.75 Å². The summed E-state index contributed by atoms with van der Waals surface area (Å²) in [6.07, 6.45) is 0. The smallest absolute Gasteiger partial charge is 0.330 e. The van der Waals surface area contributed by atoms with Crippen LogP contribution in [0.25, 0.3) is 11.1 Å². The summed E-state index contributed by atoms with van der Waals surface area (Å²) >= 11 is 0. The molecule has 0 aliphatic rings. The average molecular weight is 255 g/mol. The van der Waals surface area contributed by atoms with Gasteiger partial charge in [-0.1, -0.05) is 42.5 Å². The zero-order chi connectivity index (χ0) is 13.9. The topological polar surface area (TPSA) is 52.3 Å². The predicted octanol–water partition coefficient (Wildman–Crippen LogP) is 3.00. The van der Waals surface area contributed by atoms with Gasteiger partial charge in [-0.3, -0.25) is 0 Å². The Hall–Kier alpha value is -2.13. The van der Waals surface area contributed by atoms with E-state index < -0.39 is 11.5 Å². The Morgan fingerprint density at radius 2 is 1.47 bits per heavy atom. The highest BCUT2D eigenvalue weighted by Crippen LogP contribution is 2.22. The van der Waals surface area contributed by atoms with Crippen molar-refractivity contribution in [1.82, 2.24) is 0 Å². The molecule has 0 spiro atoms. The van der Waals surface area contributed by atoms with Crippen LogP contribution in [0.3, 0.4) is 0 Å². The van der Waals surface area contributed by atoms with Crippen LogP contribution >= 0.6 is 0 Å². The first-order valence-electron chi connectivity index (χ1n) is 6.13. The van der Waals surface area contributed by atoms with Crippen LogP contribution in [0.15, 0.2) is 54.6 Å². The summed E-state index contributed by atoms with van der Waals surface area (Å²) in [5, 5.41) is 0. The van der Waals surface area contributed by atoms with Gasteiger partial charge in [0.15, 0.2) is 0 Å². The number of carbonyl (C=O) groups is 1. The molecule has 98 valence electrons. The van der Waals surface area contributed by atoms with Crippen LogP contribution in [0.2, 0.25) is 0 Å². The Morgan fingerprint density at radius 3 is 2.00 bits per heavy atom. The lowest BCUT2D eigenvalue weighted by atomic mass is 10.1. The monoisotopic (exact) mass is 255 g/mol. The third-order valence-electron chi connectivity index (χ3n) is 2.70. The largest absolute Gasteiger partial charge is 0.425 e. The van der Waals surface area contributed by atoms with Crippen molar-refractivity contribution >= 4 is 5.97 Å². The summed E-state index contributed by atoms with van der Waals surface area (Å²) < 4.78 is 5.21. The molecule has 0 unspecified atom stereocenters. The van der Waals surface area contributed by atoms with E-state index in [1.807, 2.05) is 42.5 Å². The van der Waals surface area contributed by atoms with Crippen molar-refractivity contribution in [2.75, 3.05) is 0 Å². The lowest BCUT2D eigenvalue weighted by molar-refractivity contribution is -0.139. The van der Waals surface area contributed by atoms with Crippen LogP contribution in [-0.4, -0.2) is 11.5 Å². The van der Waals surface area contributed by atoms with E-state index in [1.54, 1.807) is 26.0 Å². The second-order valence-corrected chi connectivity index (χ2v) is 5.00. The first kappa shape index (κ1) is 13.3. The molecule has 3 nitrogen and oxygen atoms in total. The van der Waals surface area contributed by atoms with E-state index >= 15 is 0 Å². The maximum atomic E-state index is 11.6. The Morgan fingerprint density at radius 1 is 0.947 bits per heavy atom. The van der Waals surface area contributed by atoms with Gasteiger partial charge >= 0.3 is 5.97 Å². The number of carbonyl (C=O) groups excluding carboxylic acids is 1. The minimum absolute atomic E-state index is 0.444. The van der Waals surface area contributed by atoms with E-state index in [0.717, 1.165) is 11.1 Å². The molecule has 3 heteroatoms. The third-order valence-corrected chi connectivity index (χ3v) is 2.70. The fourth-order valence-corrected chi connectivity index (χ4v) is 1.58. The van der Waals surface area contributed by atoms with Crippen molar-refractivity contribution in [3.8, 4) is 16.9 Å². The van der Waals surface area contributed by atoms with Gasteiger partial charge in [-0.2, -0.15) is 0 Å². The van der Waals surface area contributed by atoms with E-state index in [-0.39, 0.29) is 0 Å². The average Bonchev–Trinajstić information content (AvgIpc) is 2.39. The van der Waals surface area contributed by atoms with Crippen molar-refractivity contribution < 1.29 is 9.53 Å². The van der Waals surface area contributed by atoms with Crippen LogP contribution in [0.4, 0.5) is 0 Å². The second-order valence-electron chi connectivity index (χ2n) is 5.00. The first-order valence-corrected chi connectivity index (χ1v) is 6.13. The maximum absolute atomic E-state index is 11.6. The molecule has 2 aromatic rings. The third kappa shape index (κ3) is 3.42. The van der Waals surface area contributed by atoms with Crippen molar-refractivity contribution in [3.63, 3.8) is 0 Å². The van der Waals surface area contributed by atoms with Gasteiger partial charge in [0.2, 0.25) is 0 Å². The molecular formula is C16H17NO2. The molecule has 0 aromatic heterocycles. The zero-order valence-electron chi connectivity index (χ0n) is 11.1. The normalized spacial score (nSPS) is 11.1. The van der Waals surface area contributed by atoms with Gasteiger partial charge in [-0.05, 0) is 37.1 Å². The van der Waals surface area contributed by atoms with E-state index in [9.17, 15) is 4.79 Å². The molecule has 0 saturated carbocycles. The van der Waals surface area contributed by atoms with Crippen molar-refractivity contribution in [1.29, 1.82) is 0 Å². The van der Waals surface area contributed by atoms with Crippen molar-refractivity contribution in [3.05, 3.63) is 54.6 Å². The molecule has 2 aromatic carbocycles. The predicted molar refractivity (Wildman–Crippen MR) is 75.8 cm³/mol. The molecule has 0 aliphatic heterocycles. The van der Waals surface area contributed by atoms with E-state index in [0.29, 0.717) is 5.75 Å². The first-order chi connectivity index (χ1) is 8.97. The summed E-state index contributed by atoms with van der Waals surface area (Å²) in [6, 6.07) is 17.4. The lowest BCUT2D eigenvalue weighted by Gasteiger charge is -2.16. The van der Waals surface area contributed by atoms with E-state index in [1.165, 1.54) is 0 Å². The van der Waals surface area contributed by atoms with Gasteiger partial charge in [0.25, 0.3) is 0 Å². The number of ether oxygens (including phenoxy) is 1. The Kier molecular flexibility index (Phi) is 3.67. The summed E-state index contributed by atoms with van der Waals surface area (Å²) in [5.41, 5.74) is 6.89. The lowest BCUT2D eigenvalue weighted by Crippen LogP contribution is -2.44. The number of hydrogen-bond donors (Lipinski definition) is 1. The minimum atomic E-state index is -0.988. The summed E-state index contributed by atoms with van der Waals surface area (Å²) in [4.78, 5) is 11.6. The molecule has 0 fully saturated rings. The highest BCUT2D eigenvalue weighted by atomic mass is 16.5. The van der Waals surface area contributed by atoms with Gasteiger partial charge in [0.05, 0.1) is 0 Å². The molecule has 19 heavy (non-hydrogen) atoms. The van der Waals surface area contributed by atoms with Gasteiger partial charge in [0.1, 0.15) is 11.3 Å². The number of esters is 1. The molecule has 2 rings (SSSR count). The molecule has 0 heterocycles. The molecule has 2 N–H and O–H groups in total. The molecule has 0 atom stereocenters. The number of benzene rings is 2. The number of rotatable bonds is 3. The second kappa shape index (κ2) is 5.24. The standard InChI is InChI=1S/C16H17NO2/c1-16(2,17)15(18)19-14-10-8-13(9-11-14)12-6-4-3-5-7-12/h3-11H,17H2,1-2H3. The Balaban J connectivity index is 2.14. The highest BCUT2D eigenvalue weighted by Gasteiger charge is 2.24. The minimum Gasteiger partial charge on any atom is -0.425 e. The van der Waals surface area contributed by atoms with Gasteiger partial charge in [-0.25, -0.2) is 4.79 Å². The SMILES string of the molecule is CC(C)(N)C(=O)Oc1ccc(-c2ccccc2)cc1. The fourth-order valence-electron chi connectivity index (χ4n) is 1.58. The molecule has 0 bridgehead atoms. The summed E-state index contributed by atoms with van der Waals surface area (Å²) in [5.74, 6) is 0.0585. The molecular weight excluding hydrogens is 238 g/mol. The molecule has 0 saturated heterocycles. The maximum Gasteiger partial charge on any atom is 0.330 e. The Bertz CT molecular complexity index is 554. The molecule has 0 aliphatic carbocycles. The van der Waals surface area contributed by atoms with Crippen LogP contribution in [-0.2, 0) is 4.79 Å².